The zero-order valence-electron chi connectivity index (χ0n) is 8.65. The molecule has 0 aromatic heterocycles. The van der Waals surface area contributed by atoms with Crippen molar-refractivity contribution in [2.24, 2.45) is 0 Å². The SMILES string of the molecule is CCCCCC=CC=CC=CC(=O)O. The van der Waals surface area contributed by atoms with Crippen LogP contribution < -0.4 is 0 Å². The highest BCUT2D eigenvalue weighted by molar-refractivity contribution is 5.80. The minimum Gasteiger partial charge on any atom is -0.478 e. The summed E-state index contributed by atoms with van der Waals surface area (Å²) in [6, 6.07) is 0. The Morgan fingerprint density at radius 3 is 2.50 bits per heavy atom. The van der Waals surface area contributed by atoms with Crippen molar-refractivity contribution in [3.8, 4) is 0 Å². The third-order valence-electron chi connectivity index (χ3n) is 1.68. The fourth-order valence-electron chi connectivity index (χ4n) is 0.953. The maximum Gasteiger partial charge on any atom is 0.328 e. The van der Waals surface area contributed by atoms with Gasteiger partial charge in [-0.15, -0.1) is 0 Å². The Balaban J connectivity index is 3.46. The standard InChI is InChI=1S/C12H18O2/c1-2-3-4-5-6-7-8-9-10-11-12(13)14/h6-11H,2-5H2,1H3,(H,13,14). The van der Waals surface area contributed by atoms with Crippen molar-refractivity contribution in [3.63, 3.8) is 0 Å². The van der Waals surface area contributed by atoms with Gasteiger partial charge in [-0.05, 0) is 12.8 Å². The van der Waals surface area contributed by atoms with Gasteiger partial charge in [-0.2, -0.15) is 0 Å². The van der Waals surface area contributed by atoms with E-state index in [1.165, 1.54) is 25.3 Å². The summed E-state index contributed by atoms with van der Waals surface area (Å²) < 4.78 is 0. The van der Waals surface area contributed by atoms with Crippen molar-refractivity contribution in [3.05, 3.63) is 36.5 Å². The number of hydrogen-bond acceptors (Lipinski definition) is 1. The molecule has 0 fully saturated rings. The van der Waals surface area contributed by atoms with Crippen molar-refractivity contribution >= 4 is 5.97 Å². The molecule has 0 saturated carbocycles. The topological polar surface area (TPSA) is 37.3 Å². The van der Waals surface area contributed by atoms with E-state index in [4.69, 9.17) is 5.11 Å². The van der Waals surface area contributed by atoms with E-state index in [9.17, 15) is 4.79 Å². The summed E-state index contributed by atoms with van der Waals surface area (Å²) in [5.74, 6) is -0.915. The first kappa shape index (κ1) is 12.7. The minimum atomic E-state index is -0.915. The highest BCUT2D eigenvalue weighted by Crippen LogP contribution is 1.99. The molecular weight excluding hydrogens is 176 g/mol. The molecule has 0 aliphatic rings. The van der Waals surface area contributed by atoms with Crippen LogP contribution in [0.15, 0.2) is 36.5 Å². The second-order valence-corrected chi connectivity index (χ2v) is 3.01. The first-order valence-electron chi connectivity index (χ1n) is 5.00. The molecule has 14 heavy (non-hydrogen) atoms. The maximum atomic E-state index is 10.1. The lowest BCUT2D eigenvalue weighted by Gasteiger charge is -1.89. The van der Waals surface area contributed by atoms with E-state index in [0.717, 1.165) is 12.5 Å². The lowest BCUT2D eigenvalue weighted by Crippen LogP contribution is -1.84. The smallest absolute Gasteiger partial charge is 0.328 e. The zero-order valence-corrected chi connectivity index (χ0v) is 8.65. The molecule has 0 radical (unpaired) electrons. The highest BCUT2D eigenvalue weighted by Gasteiger charge is 1.80. The molecule has 2 heteroatoms. The number of hydrogen-bond donors (Lipinski definition) is 1. The van der Waals surface area contributed by atoms with Crippen LogP contribution in [0, 0.1) is 0 Å². The van der Waals surface area contributed by atoms with Gasteiger partial charge < -0.3 is 5.11 Å². The zero-order chi connectivity index (χ0) is 10.6. The second-order valence-electron chi connectivity index (χ2n) is 3.01. The Bertz CT molecular complexity index is 224. The van der Waals surface area contributed by atoms with Gasteiger partial charge in [0, 0.05) is 6.08 Å². The van der Waals surface area contributed by atoms with Gasteiger partial charge in [0.1, 0.15) is 0 Å². The number of unbranched alkanes of at least 4 members (excludes halogenated alkanes) is 3. The molecular formula is C12H18O2. The Hall–Kier alpha value is -1.31. The van der Waals surface area contributed by atoms with Crippen LogP contribution in [0.25, 0.3) is 0 Å². The molecule has 0 unspecified atom stereocenters. The number of carboxylic acid groups (broad SMARTS) is 1. The molecule has 0 bridgehead atoms. The van der Waals surface area contributed by atoms with Gasteiger partial charge in [0.15, 0.2) is 0 Å². The van der Waals surface area contributed by atoms with Gasteiger partial charge in [0.25, 0.3) is 0 Å². The first-order valence-corrected chi connectivity index (χ1v) is 5.00. The van der Waals surface area contributed by atoms with Crippen LogP contribution in [0.2, 0.25) is 0 Å². The van der Waals surface area contributed by atoms with Crippen molar-refractivity contribution in [2.45, 2.75) is 32.6 Å². The average Bonchev–Trinajstić information content (AvgIpc) is 2.15. The van der Waals surface area contributed by atoms with E-state index in [1.807, 2.05) is 12.2 Å². The summed E-state index contributed by atoms with van der Waals surface area (Å²) in [6.07, 6.45) is 15.1. The van der Waals surface area contributed by atoms with Gasteiger partial charge in [0.2, 0.25) is 0 Å². The summed E-state index contributed by atoms with van der Waals surface area (Å²) in [5, 5.41) is 8.27. The predicted octanol–water partition coefficient (Wildman–Crippen LogP) is 3.32. The molecule has 2 nitrogen and oxygen atoms in total. The lowest BCUT2D eigenvalue weighted by molar-refractivity contribution is -0.131. The normalized spacial score (nSPS) is 12.1. The fraction of sp³-hybridized carbons (Fsp3) is 0.417. The summed E-state index contributed by atoms with van der Waals surface area (Å²) in [5.41, 5.74) is 0. The molecule has 0 atom stereocenters. The molecule has 0 amide bonds. The number of carbonyl (C=O) groups is 1. The van der Waals surface area contributed by atoms with Gasteiger partial charge in [0.05, 0.1) is 0 Å². The third-order valence-corrected chi connectivity index (χ3v) is 1.68. The fourth-order valence-corrected chi connectivity index (χ4v) is 0.953. The minimum absolute atomic E-state index is 0.915. The van der Waals surface area contributed by atoms with Crippen LogP contribution in [-0.2, 0) is 4.79 Å². The number of allylic oxidation sites excluding steroid dienone is 5. The molecule has 78 valence electrons. The summed E-state index contributed by atoms with van der Waals surface area (Å²) >= 11 is 0. The van der Waals surface area contributed by atoms with Crippen LogP contribution in [-0.4, -0.2) is 11.1 Å². The van der Waals surface area contributed by atoms with Crippen molar-refractivity contribution < 1.29 is 9.90 Å². The van der Waals surface area contributed by atoms with Crippen LogP contribution in [0.1, 0.15) is 32.6 Å². The number of rotatable bonds is 7. The van der Waals surface area contributed by atoms with Gasteiger partial charge in [-0.25, -0.2) is 4.79 Å². The molecule has 0 aromatic rings. The largest absolute Gasteiger partial charge is 0.478 e. The van der Waals surface area contributed by atoms with E-state index in [-0.39, 0.29) is 0 Å². The molecule has 0 aliphatic heterocycles. The van der Waals surface area contributed by atoms with E-state index >= 15 is 0 Å². The number of carboxylic acids is 1. The van der Waals surface area contributed by atoms with Crippen LogP contribution in [0.3, 0.4) is 0 Å². The van der Waals surface area contributed by atoms with E-state index < -0.39 is 5.97 Å². The molecule has 0 aromatic carbocycles. The second kappa shape index (κ2) is 9.78. The van der Waals surface area contributed by atoms with E-state index in [0.29, 0.717) is 0 Å². The third kappa shape index (κ3) is 10.7. The summed E-state index contributed by atoms with van der Waals surface area (Å²) in [4.78, 5) is 10.1. The Kier molecular flexibility index (Phi) is 8.86. The van der Waals surface area contributed by atoms with Gasteiger partial charge in [-0.3, -0.25) is 0 Å². The van der Waals surface area contributed by atoms with Crippen LogP contribution in [0.4, 0.5) is 0 Å². The molecule has 0 aliphatic carbocycles. The van der Waals surface area contributed by atoms with Crippen LogP contribution in [0.5, 0.6) is 0 Å². The quantitative estimate of drug-likeness (QED) is 0.383. The van der Waals surface area contributed by atoms with E-state index in [2.05, 4.69) is 13.0 Å². The summed E-state index contributed by atoms with van der Waals surface area (Å²) in [6.45, 7) is 2.18. The molecule has 0 spiro atoms. The van der Waals surface area contributed by atoms with Crippen molar-refractivity contribution in [1.82, 2.24) is 0 Å². The summed E-state index contributed by atoms with van der Waals surface area (Å²) in [7, 11) is 0. The monoisotopic (exact) mass is 194 g/mol. The van der Waals surface area contributed by atoms with Crippen LogP contribution >= 0.6 is 0 Å². The average molecular weight is 194 g/mol. The van der Waals surface area contributed by atoms with Gasteiger partial charge >= 0.3 is 5.97 Å². The molecule has 0 saturated heterocycles. The lowest BCUT2D eigenvalue weighted by atomic mass is 10.2. The molecule has 0 rings (SSSR count). The first-order chi connectivity index (χ1) is 6.77. The Morgan fingerprint density at radius 2 is 1.86 bits per heavy atom. The maximum absolute atomic E-state index is 10.1. The van der Waals surface area contributed by atoms with Gasteiger partial charge in [-0.1, -0.05) is 50.1 Å². The van der Waals surface area contributed by atoms with Crippen molar-refractivity contribution in [2.75, 3.05) is 0 Å². The number of aliphatic carboxylic acids is 1. The predicted molar refractivity (Wildman–Crippen MR) is 59.2 cm³/mol. The van der Waals surface area contributed by atoms with E-state index in [1.54, 1.807) is 6.08 Å². The Morgan fingerprint density at radius 1 is 1.14 bits per heavy atom. The highest BCUT2D eigenvalue weighted by atomic mass is 16.4. The molecule has 0 heterocycles. The van der Waals surface area contributed by atoms with Crippen molar-refractivity contribution in [1.29, 1.82) is 0 Å². The molecule has 1 N–H and O–H groups in total. The Labute approximate surface area is 85.6 Å².